The van der Waals surface area contributed by atoms with E-state index in [1.807, 2.05) is 10.8 Å². The van der Waals surface area contributed by atoms with Gasteiger partial charge in [-0.1, -0.05) is 0 Å². The molecule has 2 heterocycles. The third-order valence-corrected chi connectivity index (χ3v) is 6.59. The lowest BCUT2D eigenvalue weighted by Gasteiger charge is -2.09. The zero-order valence-electron chi connectivity index (χ0n) is 15.6. The van der Waals surface area contributed by atoms with Crippen molar-refractivity contribution in [3.63, 3.8) is 0 Å². The van der Waals surface area contributed by atoms with Gasteiger partial charge in [-0.3, -0.25) is 9.52 Å². The van der Waals surface area contributed by atoms with Crippen LogP contribution in [0, 0.1) is 5.82 Å². The molecule has 154 valence electrons. The first-order valence-electron chi connectivity index (χ1n) is 8.97. The Morgan fingerprint density at radius 2 is 1.93 bits per heavy atom. The molecule has 1 amide bonds. The molecule has 0 radical (unpaired) electrons. The topological polar surface area (TPSA) is 93.1 Å². The highest BCUT2D eigenvalue weighted by Crippen LogP contribution is 2.20. The smallest absolute Gasteiger partial charge is 0.263 e. The molecule has 0 unspecified atom stereocenters. The van der Waals surface area contributed by atoms with Gasteiger partial charge < -0.3 is 9.88 Å². The second kappa shape index (κ2) is 8.25. The van der Waals surface area contributed by atoms with Crippen LogP contribution in [-0.4, -0.2) is 23.9 Å². The predicted octanol–water partition coefficient (Wildman–Crippen LogP) is 4.07. The van der Waals surface area contributed by atoms with Crippen LogP contribution in [0.1, 0.15) is 6.42 Å². The predicted molar refractivity (Wildman–Crippen MR) is 115 cm³/mol. The number of anilines is 2. The van der Waals surface area contributed by atoms with Crippen molar-refractivity contribution in [3.8, 4) is 0 Å². The highest BCUT2D eigenvalue weighted by atomic mass is 32.2. The number of carbonyl (C=O) groups excluding carboxylic acids is 1. The average Bonchev–Trinajstić information content (AvgIpc) is 3.36. The number of sulfonamides is 1. The maximum atomic E-state index is 13.3. The fourth-order valence-electron chi connectivity index (χ4n) is 2.98. The molecule has 0 atom stereocenters. The van der Waals surface area contributed by atoms with Crippen molar-refractivity contribution in [2.75, 3.05) is 10.0 Å². The molecule has 30 heavy (non-hydrogen) atoms. The van der Waals surface area contributed by atoms with E-state index in [2.05, 4.69) is 15.0 Å². The number of fused-ring (bicyclic) bond motifs is 1. The van der Waals surface area contributed by atoms with E-state index in [4.69, 9.17) is 0 Å². The van der Waals surface area contributed by atoms with E-state index in [1.165, 1.54) is 53.9 Å². The lowest BCUT2D eigenvalue weighted by molar-refractivity contribution is -0.116. The average molecular weight is 445 g/mol. The quantitative estimate of drug-likeness (QED) is 0.449. The van der Waals surface area contributed by atoms with Crippen molar-refractivity contribution in [2.24, 2.45) is 0 Å². The van der Waals surface area contributed by atoms with Gasteiger partial charge >= 0.3 is 0 Å². The van der Waals surface area contributed by atoms with Crippen molar-refractivity contribution >= 4 is 49.0 Å². The Morgan fingerprint density at radius 1 is 1.13 bits per heavy atom. The number of aryl methyl sites for hydroxylation is 1. The number of carbonyl (C=O) groups is 1. The molecule has 2 aromatic heterocycles. The van der Waals surface area contributed by atoms with Crippen LogP contribution >= 0.6 is 11.3 Å². The van der Waals surface area contributed by atoms with Crippen molar-refractivity contribution in [1.29, 1.82) is 0 Å². The summed E-state index contributed by atoms with van der Waals surface area (Å²) in [6, 6.07) is 12.2. The van der Waals surface area contributed by atoms with Crippen LogP contribution in [0.5, 0.6) is 0 Å². The molecule has 0 saturated heterocycles. The van der Waals surface area contributed by atoms with Gasteiger partial charge in [-0.05, 0) is 48.5 Å². The second-order valence-electron chi connectivity index (χ2n) is 6.48. The molecule has 0 aliphatic rings. The molecule has 0 aliphatic heterocycles. The minimum absolute atomic E-state index is 0.0711. The number of hydrogen-bond donors (Lipinski definition) is 2. The summed E-state index contributed by atoms with van der Waals surface area (Å²) in [6.07, 6.45) is 3.54. The summed E-state index contributed by atoms with van der Waals surface area (Å²) >= 11 is 1.18. The number of nitrogens with one attached hydrogen (secondary N) is 2. The third-order valence-electron chi connectivity index (χ3n) is 4.42. The largest absolute Gasteiger partial charge is 0.347 e. The van der Waals surface area contributed by atoms with Gasteiger partial charge in [0.15, 0.2) is 5.13 Å². The molecule has 0 bridgehead atoms. The number of amides is 1. The zero-order chi connectivity index (χ0) is 21.1. The van der Waals surface area contributed by atoms with E-state index in [-0.39, 0.29) is 28.2 Å². The fourth-order valence-corrected chi connectivity index (χ4v) is 4.77. The fraction of sp³-hybridized carbons (Fsp3) is 0.100. The van der Waals surface area contributed by atoms with E-state index in [1.54, 1.807) is 17.5 Å². The highest BCUT2D eigenvalue weighted by molar-refractivity contribution is 7.93. The Morgan fingerprint density at radius 3 is 2.67 bits per heavy atom. The van der Waals surface area contributed by atoms with Gasteiger partial charge in [-0.25, -0.2) is 17.8 Å². The third kappa shape index (κ3) is 4.50. The maximum absolute atomic E-state index is 13.3. The van der Waals surface area contributed by atoms with Gasteiger partial charge in [-0.15, -0.1) is 11.3 Å². The highest BCUT2D eigenvalue weighted by Gasteiger charge is 2.15. The molecule has 2 aromatic carbocycles. The number of nitrogens with zero attached hydrogens (tertiary/aromatic N) is 2. The summed E-state index contributed by atoms with van der Waals surface area (Å²) in [6.45, 7) is 0.436. The first kappa shape index (κ1) is 20.0. The first-order chi connectivity index (χ1) is 14.4. The monoisotopic (exact) mass is 444 g/mol. The van der Waals surface area contributed by atoms with Crippen molar-refractivity contribution in [1.82, 2.24) is 9.55 Å². The minimum Gasteiger partial charge on any atom is -0.347 e. The van der Waals surface area contributed by atoms with Gasteiger partial charge in [0.25, 0.3) is 10.0 Å². The summed E-state index contributed by atoms with van der Waals surface area (Å²) in [5.74, 6) is -0.513. The Balaban J connectivity index is 1.36. The van der Waals surface area contributed by atoms with E-state index < -0.39 is 10.0 Å². The van der Waals surface area contributed by atoms with Gasteiger partial charge in [0, 0.05) is 47.3 Å². The number of benzene rings is 2. The van der Waals surface area contributed by atoms with Crippen LogP contribution in [0.15, 0.2) is 71.2 Å². The SMILES string of the molecule is O=C(CCn1ccc2cc(F)ccc21)Nc1ccc(S(=O)(=O)Nc2nccs2)cc1. The number of thiazole rings is 1. The minimum atomic E-state index is -3.74. The van der Waals surface area contributed by atoms with Crippen LogP contribution in [0.25, 0.3) is 10.9 Å². The number of rotatable bonds is 7. The van der Waals surface area contributed by atoms with Crippen LogP contribution in [-0.2, 0) is 21.4 Å². The summed E-state index contributed by atoms with van der Waals surface area (Å²) < 4.78 is 42.2. The molecule has 0 saturated carbocycles. The molecule has 2 N–H and O–H groups in total. The van der Waals surface area contributed by atoms with E-state index >= 15 is 0 Å². The van der Waals surface area contributed by atoms with Crippen molar-refractivity contribution in [2.45, 2.75) is 17.9 Å². The Hall–Kier alpha value is -3.24. The lowest BCUT2D eigenvalue weighted by Crippen LogP contribution is -2.15. The molecular formula is C20H17FN4O3S2. The lowest BCUT2D eigenvalue weighted by atomic mass is 10.2. The number of aromatic nitrogens is 2. The number of hydrogen-bond acceptors (Lipinski definition) is 5. The van der Waals surface area contributed by atoms with E-state index in [9.17, 15) is 17.6 Å². The van der Waals surface area contributed by atoms with Crippen molar-refractivity contribution < 1.29 is 17.6 Å². The van der Waals surface area contributed by atoms with Crippen LogP contribution in [0.4, 0.5) is 15.2 Å². The van der Waals surface area contributed by atoms with Crippen LogP contribution < -0.4 is 10.0 Å². The summed E-state index contributed by atoms with van der Waals surface area (Å²) in [7, 11) is -3.74. The number of halogens is 1. The molecular weight excluding hydrogens is 427 g/mol. The van der Waals surface area contributed by atoms with Gasteiger partial charge in [0.1, 0.15) is 5.82 Å². The van der Waals surface area contributed by atoms with Gasteiger partial charge in [0.2, 0.25) is 5.91 Å². The van der Waals surface area contributed by atoms with Gasteiger partial charge in [0.05, 0.1) is 4.90 Å². The molecule has 0 spiro atoms. The van der Waals surface area contributed by atoms with Crippen molar-refractivity contribution in [3.05, 3.63) is 72.1 Å². The molecule has 0 aliphatic carbocycles. The summed E-state index contributed by atoms with van der Waals surface area (Å²) in [4.78, 5) is 16.2. The van der Waals surface area contributed by atoms with E-state index in [0.29, 0.717) is 12.2 Å². The normalized spacial score (nSPS) is 11.5. The Labute approximate surface area is 176 Å². The Kier molecular flexibility index (Phi) is 5.51. The van der Waals surface area contributed by atoms with Crippen LogP contribution in [0.2, 0.25) is 0 Å². The van der Waals surface area contributed by atoms with E-state index in [0.717, 1.165) is 10.9 Å². The molecule has 10 heteroatoms. The second-order valence-corrected chi connectivity index (χ2v) is 9.05. The standard InChI is InChI=1S/C20H17FN4O3S2/c21-15-1-6-18-14(13-15)7-10-25(18)11-8-19(26)23-16-2-4-17(5-3-16)30(27,28)24-20-22-9-12-29-20/h1-7,9-10,12-13H,8,11H2,(H,22,24)(H,23,26). The maximum Gasteiger partial charge on any atom is 0.263 e. The summed E-state index contributed by atoms with van der Waals surface area (Å²) in [5.41, 5.74) is 1.35. The molecule has 0 fully saturated rings. The Bertz CT molecular complexity index is 1280. The van der Waals surface area contributed by atoms with Gasteiger partial charge in [-0.2, -0.15) is 0 Å². The molecule has 7 nitrogen and oxygen atoms in total. The molecule has 4 rings (SSSR count). The first-order valence-corrected chi connectivity index (χ1v) is 11.3. The van der Waals surface area contributed by atoms with Crippen LogP contribution in [0.3, 0.4) is 0 Å². The molecule has 4 aromatic rings. The zero-order valence-corrected chi connectivity index (χ0v) is 17.2. The summed E-state index contributed by atoms with van der Waals surface area (Å²) in [5, 5.41) is 5.48.